The number of carbonyl (C=O) groups excluding carboxylic acids is 1. The summed E-state index contributed by atoms with van der Waals surface area (Å²) in [7, 11) is 0. The Bertz CT molecular complexity index is 459. The van der Waals surface area contributed by atoms with Gasteiger partial charge in [0.25, 0.3) is 0 Å². The smallest absolute Gasteiger partial charge is 0.307 e. The number of para-hydroxylation sites is 1. The van der Waals surface area contributed by atoms with Gasteiger partial charge in [-0.15, -0.1) is 6.58 Å². The van der Waals surface area contributed by atoms with Crippen molar-refractivity contribution in [2.75, 3.05) is 25.0 Å². The van der Waals surface area contributed by atoms with Crippen LogP contribution in [0.3, 0.4) is 0 Å². The van der Waals surface area contributed by atoms with Gasteiger partial charge in [-0.05, 0) is 12.1 Å². The van der Waals surface area contributed by atoms with Crippen molar-refractivity contribution in [1.82, 2.24) is 4.90 Å². The van der Waals surface area contributed by atoms with Crippen LogP contribution >= 0.6 is 0 Å². The van der Waals surface area contributed by atoms with Crippen LogP contribution < -0.4 is 5.32 Å². The number of carboxylic acids is 1. The van der Waals surface area contributed by atoms with Crippen LogP contribution in [0, 0.1) is 5.92 Å². The van der Waals surface area contributed by atoms with Crippen molar-refractivity contribution in [3.05, 3.63) is 43.0 Å². The molecule has 0 saturated carbocycles. The number of anilines is 1. The van der Waals surface area contributed by atoms with Gasteiger partial charge in [-0.1, -0.05) is 31.2 Å². The summed E-state index contributed by atoms with van der Waals surface area (Å²) in [6.07, 6.45) is 1.66. The van der Waals surface area contributed by atoms with Gasteiger partial charge >= 0.3 is 5.97 Å². The number of rotatable bonds is 8. The number of nitrogens with one attached hydrogen (secondary N) is 1. The summed E-state index contributed by atoms with van der Waals surface area (Å²) in [6.45, 7) is 6.16. The zero-order valence-electron chi connectivity index (χ0n) is 11.6. The third-order valence-electron chi connectivity index (χ3n) is 2.77. The Morgan fingerprint density at radius 2 is 2.05 bits per heavy atom. The summed E-state index contributed by atoms with van der Waals surface area (Å²) in [5.74, 6) is -1.57. The third kappa shape index (κ3) is 5.67. The van der Waals surface area contributed by atoms with Gasteiger partial charge in [0.1, 0.15) is 0 Å². The molecule has 1 amide bonds. The number of benzene rings is 1. The molecule has 0 saturated heterocycles. The van der Waals surface area contributed by atoms with Gasteiger partial charge < -0.3 is 10.4 Å². The van der Waals surface area contributed by atoms with E-state index in [9.17, 15) is 9.59 Å². The van der Waals surface area contributed by atoms with Crippen molar-refractivity contribution >= 4 is 17.6 Å². The highest BCUT2D eigenvalue weighted by atomic mass is 16.4. The van der Waals surface area contributed by atoms with Crippen molar-refractivity contribution in [3.8, 4) is 0 Å². The largest absolute Gasteiger partial charge is 0.481 e. The van der Waals surface area contributed by atoms with Crippen LogP contribution in [0.5, 0.6) is 0 Å². The molecule has 0 radical (unpaired) electrons. The van der Waals surface area contributed by atoms with Crippen LogP contribution in [0.2, 0.25) is 0 Å². The second kappa shape index (κ2) is 8.12. The molecule has 0 aliphatic carbocycles. The maximum atomic E-state index is 11.9. The van der Waals surface area contributed by atoms with E-state index in [1.54, 1.807) is 30.0 Å². The van der Waals surface area contributed by atoms with Gasteiger partial charge in [-0.25, -0.2) is 0 Å². The lowest BCUT2D eigenvalue weighted by Gasteiger charge is -2.22. The fourth-order valence-corrected chi connectivity index (χ4v) is 1.78. The zero-order chi connectivity index (χ0) is 15.0. The molecule has 0 aliphatic rings. The van der Waals surface area contributed by atoms with Crippen LogP contribution in [-0.4, -0.2) is 41.5 Å². The molecule has 2 N–H and O–H groups in total. The molecule has 1 atom stereocenters. The maximum absolute atomic E-state index is 11.9. The Kier molecular flexibility index (Phi) is 6.46. The van der Waals surface area contributed by atoms with Crippen LogP contribution in [0.4, 0.5) is 5.69 Å². The normalized spacial score (nSPS) is 11.9. The van der Waals surface area contributed by atoms with Gasteiger partial charge in [0.15, 0.2) is 0 Å². The second-order valence-corrected chi connectivity index (χ2v) is 4.64. The second-order valence-electron chi connectivity index (χ2n) is 4.64. The fourth-order valence-electron chi connectivity index (χ4n) is 1.78. The Morgan fingerprint density at radius 1 is 1.40 bits per heavy atom. The van der Waals surface area contributed by atoms with E-state index in [2.05, 4.69) is 11.9 Å². The molecule has 1 unspecified atom stereocenters. The van der Waals surface area contributed by atoms with Gasteiger partial charge in [-0.3, -0.25) is 14.5 Å². The lowest BCUT2D eigenvalue weighted by atomic mass is 10.1. The van der Waals surface area contributed by atoms with Gasteiger partial charge in [0.05, 0.1) is 12.5 Å². The summed E-state index contributed by atoms with van der Waals surface area (Å²) in [5.41, 5.74) is 0.724. The first-order valence-electron chi connectivity index (χ1n) is 6.44. The third-order valence-corrected chi connectivity index (χ3v) is 2.77. The molecule has 1 aromatic rings. The van der Waals surface area contributed by atoms with Crippen LogP contribution in [-0.2, 0) is 9.59 Å². The SMILES string of the molecule is C=CCN(CC(=O)Nc1ccccc1)CC(C)C(=O)O. The van der Waals surface area contributed by atoms with Crippen molar-refractivity contribution < 1.29 is 14.7 Å². The number of amides is 1. The van der Waals surface area contributed by atoms with Crippen LogP contribution in [0.1, 0.15) is 6.92 Å². The first-order valence-corrected chi connectivity index (χ1v) is 6.44. The molecule has 108 valence electrons. The first kappa shape index (κ1) is 15.9. The molecule has 0 fully saturated rings. The van der Waals surface area contributed by atoms with Crippen molar-refractivity contribution in [2.45, 2.75) is 6.92 Å². The fraction of sp³-hybridized carbons (Fsp3) is 0.333. The van der Waals surface area contributed by atoms with Crippen molar-refractivity contribution in [1.29, 1.82) is 0 Å². The van der Waals surface area contributed by atoms with Gasteiger partial charge in [0.2, 0.25) is 5.91 Å². The predicted octanol–water partition coefficient (Wildman–Crippen LogP) is 1.83. The first-order chi connectivity index (χ1) is 9.52. The minimum Gasteiger partial charge on any atom is -0.481 e. The monoisotopic (exact) mass is 276 g/mol. The van der Waals surface area contributed by atoms with Gasteiger partial charge in [-0.2, -0.15) is 0 Å². The molecule has 1 rings (SSSR count). The van der Waals surface area contributed by atoms with Gasteiger partial charge in [0, 0.05) is 18.8 Å². The highest BCUT2D eigenvalue weighted by molar-refractivity contribution is 5.92. The highest BCUT2D eigenvalue weighted by Crippen LogP contribution is 2.06. The quantitative estimate of drug-likeness (QED) is 0.711. The van der Waals surface area contributed by atoms with E-state index < -0.39 is 11.9 Å². The van der Waals surface area contributed by atoms with E-state index in [4.69, 9.17) is 5.11 Å². The Hall–Kier alpha value is -2.14. The standard InChI is InChI=1S/C15H20N2O3/c1-3-9-17(10-12(2)15(19)20)11-14(18)16-13-7-5-4-6-8-13/h3-8,12H,1,9-11H2,2H3,(H,16,18)(H,19,20). The van der Waals surface area contributed by atoms with Crippen molar-refractivity contribution in [2.24, 2.45) is 5.92 Å². The Morgan fingerprint density at radius 3 is 2.60 bits per heavy atom. The summed E-state index contributed by atoms with van der Waals surface area (Å²) in [6, 6.07) is 9.15. The van der Waals surface area contributed by atoms with Crippen molar-refractivity contribution in [3.63, 3.8) is 0 Å². The number of carbonyl (C=O) groups is 2. The molecule has 0 spiro atoms. The molecular formula is C15H20N2O3. The molecule has 5 nitrogen and oxygen atoms in total. The van der Waals surface area contributed by atoms with E-state index in [1.807, 2.05) is 18.2 Å². The van der Waals surface area contributed by atoms with E-state index in [0.29, 0.717) is 13.1 Å². The Labute approximate surface area is 118 Å². The molecule has 1 aromatic carbocycles. The molecule has 0 heterocycles. The van der Waals surface area contributed by atoms with E-state index in [0.717, 1.165) is 5.69 Å². The highest BCUT2D eigenvalue weighted by Gasteiger charge is 2.17. The number of nitrogens with zero attached hydrogens (tertiary/aromatic N) is 1. The molecule has 0 aromatic heterocycles. The number of carboxylic acid groups (broad SMARTS) is 1. The molecule has 5 heteroatoms. The molecule has 20 heavy (non-hydrogen) atoms. The maximum Gasteiger partial charge on any atom is 0.307 e. The predicted molar refractivity (Wildman–Crippen MR) is 78.5 cm³/mol. The average Bonchev–Trinajstić information content (AvgIpc) is 2.39. The minimum atomic E-state index is -0.873. The minimum absolute atomic E-state index is 0.137. The van der Waals surface area contributed by atoms with E-state index in [1.165, 1.54) is 0 Å². The summed E-state index contributed by atoms with van der Waals surface area (Å²) in [5, 5.41) is 11.7. The van der Waals surface area contributed by atoms with E-state index in [-0.39, 0.29) is 12.5 Å². The lowest BCUT2D eigenvalue weighted by Crippen LogP contribution is -2.38. The zero-order valence-corrected chi connectivity index (χ0v) is 11.6. The molecule has 0 bridgehead atoms. The Balaban J connectivity index is 2.54. The lowest BCUT2D eigenvalue weighted by molar-refractivity contribution is -0.142. The number of hydrogen-bond donors (Lipinski definition) is 2. The number of hydrogen-bond acceptors (Lipinski definition) is 3. The summed E-state index contributed by atoms with van der Waals surface area (Å²) >= 11 is 0. The molecular weight excluding hydrogens is 256 g/mol. The summed E-state index contributed by atoms with van der Waals surface area (Å²) in [4.78, 5) is 24.5. The summed E-state index contributed by atoms with van der Waals surface area (Å²) < 4.78 is 0. The average molecular weight is 276 g/mol. The number of aliphatic carboxylic acids is 1. The van der Waals surface area contributed by atoms with Crippen LogP contribution in [0.25, 0.3) is 0 Å². The van der Waals surface area contributed by atoms with E-state index >= 15 is 0 Å². The topological polar surface area (TPSA) is 69.6 Å². The van der Waals surface area contributed by atoms with Crippen LogP contribution in [0.15, 0.2) is 43.0 Å². The molecule has 0 aliphatic heterocycles.